The van der Waals surface area contributed by atoms with Crippen molar-refractivity contribution in [2.45, 2.75) is 26.2 Å². The molecule has 3 rings (SSSR count). The van der Waals surface area contributed by atoms with Gasteiger partial charge in [-0.3, -0.25) is 14.3 Å². The summed E-state index contributed by atoms with van der Waals surface area (Å²) in [4.78, 5) is 26.2. The van der Waals surface area contributed by atoms with Crippen molar-refractivity contribution in [3.63, 3.8) is 0 Å². The van der Waals surface area contributed by atoms with E-state index in [1.165, 1.54) is 10.8 Å². The Morgan fingerprint density at radius 3 is 2.71 bits per heavy atom. The van der Waals surface area contributed by atoms with Crippen molar-refractivity contribution >= 4 is 12.2 Å². The van der Waals surface area contributed by atoms with E-state index in [0.29, 0.717) is 12.1 Å². The molecule has 0 bridgehead atoms. The third kappa shape index (κ3) is 4.70. The average Bonchev–Trinajstić information content (AvgIpc) is 3.19. The number of hydrogen-bond donors (Lipinski definition) is 2. The molecule has 2 aromatic heterocycles. The fourth-order valence-corrected chi connectivity index (χ4v) is 2.46. The molecule has 0 spiro atoms. The first-order valence-electron chi connectivity index (χ1n) is 8.82. The molecule has 0 radical (unpaired) electrons. The normalized spacial score (nSPS) is 12.5. The van der Waals surface area contributed by atoms with E-state index in [9.17, 15) is 14.7 Å². The Balaban J connectivity index is 1.78. The van der Waals surface area contributed by atoms with Gasteiger partial charge in [0.1, 0.15) is 12.4 Å². The molecule has 0 saturated heterocycles. The van der Waals surface area contributed by atoms with Crippen molar-refractivity contribution in [3.05, 3.63) is 74.8 Å². The van der Waals surface area contributed by atoms with Gasteiger partial charge >= 0.3 is 5.69 Å². The molecule has 1 atom stereocenters. The van der Waals surface area contributed by atoms with Crippen LogP contribution in [-0.2, 0) is 11.5 Å². The summed E-state index contributed by atoms with van der Waals surface area (Å²) < 4.78 is 8.32. The molecule has 9 heteroatoms. The second kappa shape index (κ2) is 9.07. The number of aromatic amines is 1. The van der Waals surface area contributed by atoms with Crippen molar-refractivity contribution in [1.29, 1.82) is 0 Å². The highest BCUT2D eigenvalue weighted by molar-refractivity contribution is 5.66. The number of para-hydroxylation sites is 1. The Morgan fingerprint density at radius 1 is 1.21 bits per heavy atom. The van der Waals surface area contributed by atoms with Gasteiger partial charge in [-0.2, -0.15) is 0 Å². The summed E-state index contributed by atoms with van der Waals surface area (Å²) in [5.41, 5.74) is 0.609. The van der Waals surface area contributed by atoms with Gasteiger partial charge < -0.3 is 9.84 Å². The molecule has 3 aromatic rings. The maximum absolute atomic E-state index is 12.0. The fraction of sp³-hybridized carbons (Fsp3) is 0.263. The van der Waals surface area contributed by atoms with Gasteiger partial charge in [-0.05, 0) is 30.7 Å². The molecular weight excluding hydrogens is 362 g/mol. The van der Waals surface area contributed by atoms with Gasteiger partial charge in [0.05, 0.1) is 30.2 Å². The van der Waals surface area contributed by atoms with E-state index in [2.05, 4.69) is 15.3 Å². The lowest BCUT2D eigenvalue weighted by molar-refractivity contribution is -0.0269. The molecule has 0 amide bonds. The topological polar surface area (TPSA) is 115 Å². The highest BCUT2D eigenvalue weighted by Gasteiger charge is 2.07. The number of nitrogens with zero attached hydrogens (tertiary/aromatic N) is 4. The molecule has 0 aliphatic rings. The van der Waals surface area contributed by atoms with Gasteiger partial charge in [0.15, 0.2) is 0 Å². The molecule has 2 N–H and O–H groups in total. The van der Waals surface area contributed by atoms with Crippen molar-refractivity contribution < 1.29 is 9.84 Å². The number of hydrogen-bond acceptors (Lipinski definition) is 6. The standard InChI is InChI=1S/C19H21N5O4/c1-2-17(12-25)28-13-23-10-14(18(26)20-19(23)27)8-9-15-11-24(22-21-15)16-6-4-3-5-7-16/h3-11,17,25H,2,12-13H2,1H3,(H,20,26,27)/b9-8+/t17-/m0/s1. The Bertz CT molecular complexity index is 1050. The zero-order chi connectivity index (χ0) is 19.9. The molecule has 0 saturated carbocycles. The Hall–Kier alpha value is -3.30. The number of rotatable bonds is 8. The number of H-pyrrole nitrogens is 1. The van der Waals surface area contributed by atoms with Crippen LogP contribution in [0.4, 0.5) is 0 Å². The third-order valence-electron chi connectivity index (χ3n) is 4.11. The molecule has 0 fully saturated rings. The molecule has 146 valence electrons. The Kier molecular flexibility index (Phi) is 6.30. The van der Waals surface area contributed by atoms with Crippen molar-refractivity contribution in [2.24, 2.45) is 0 Å². The third-order valence-corrected chi connectivity index (χ3v) is 4.11. The first-order chi connectivity index (χ1) is 13.6. The van der Waals surface area contributed by atoms with Gasteiger partial charge in [-0.1, -0.05) is 30.3 Å². The maximum atomic E-state index is 12.0. The van der Waals surface area contributed by atoms with Gasteiger partial charge in [-0.15, -0.1) is 5.10 Å². The highest BCUT2D eigenvalue weighted by Crippen LogP contribution is 2.08. The number of benzene rings is 1. The summed E-state index contributed by atoms with van der Waals surface area (Å²) in [5, 5.41) is 17.3. The van der Waals surface area contributed by atoms with Gasteiger partial charge in [-0.25, -0.2) is 9.48 Å². The van der Waals surface area contributed by atoms with E-state index in [-0.39, 0.29) is 25.0 Å². The van der Waals surface area contributed by atoms with Gasteiger partial charge in [0, 0.05) is 6.20 Å². The van der Waals surface area contributed by atoms with Crippen molar-refractivity contribution in [3.8, 4) is 5.69 Å². The zero-order valence-electron chi connectivity index (χ0n) is 15.4. The van der Waals surface area contributed by atoms with Crippen molar-refractivity contribution in [2.75, 3.05) is 6.61 Å². The van der Waals surface area contributed by atoms with Crippen LogP contribution in [0.5, 0.6) is 0 Å². The quantitative estimate of drug-likeness (QED) is 0.600. The summed E-state index contributed by atoms with van der Waals surface area (Å²) >= 11 is 0. The van der Waals surface area contributed by atoms with Crippen LogP contribution in [0.1, 0.15) is 24.6 Å². The minimum atomic E-state index is -0.579. The Morgan fingerprint density at radius 2 is 2.00 bits per heavy atom. The van der Waals surface area contributed by atoms with Crippen LogP contribution in [-0.4, -0.2) is 42.4 Å². The number of aromatic nitrogens is 5. The van der Waals surface area contributed by atoms with Gasteiger partial charge in [0.2, 0.25) is 0 Å². The fourth-order valence-electron chi connectivity index (χ4n) is 2.46. The van der Waals surface area contributed by atoms with E-state index in [0.717, 1.165) is 5.69 Å². The van der Waals surface area contributed by atoms with E-state index in [1.807, 2.05) is 37.3 Å². The Labute approximate surface area is 160 Å². The average molecular weight is 383 g/mol. The lowest BCUT2D eigenvalue weighted by Gasteiger charge is -2.14. The number of aliphatic hydroxyl groups is 1. The first-order valence-corrected chi connectivity index (χ1v) is 8.82. The monoisotopic (exact) mass is 383 g/mol. The van der Waals surface area contributed by atoms with Crippen LogP contribution >= 0.6 is 0 Å². The molecule has 2 heterocycles. The van der Waals surface area contributed by atoms with Crippen LogP contribution < -0.4 is 11.2 Å². The second-order valence-electron chi connectivity index (χ2n) is 6.08. The molecule has 0 aliphatic carbocycles. The first kappa shape index (κ1) is 19.5. The van der Waals surface area contributed by atoms with E-state index in [1.54, 1.807) is 23.0 Å². The number of ether oxygens (including phenoxy) is 1. The van der Waals surface area contributed by atoms with Crippen LogP contribution in [0.25, 0.3) is 17.8 Å². The molecule has 0 unspecified atom stereocenters. The molecular formula is C19H21N5O4. The summed E-state index contributed by atoms with van der Waals surface area (Å²) in [5.74, 6) is 0. The molecule has 0 aliphatic heterocycles. The highest BCUT2D eigenvalue weighted by atomic mass is 16.5. The predicted molar refractivity (Wildman–Crippen MR) is 104 cm³/mol. The summed E-state index contributed by atoms with van der Waals surface area (Å²) in [7, 11) is 0. The molecule has 1 aromatic carbocycles. The lowest BCUT2D eigenvalue weighted by atomic mass is 10.3. The van der Waals surface area contributed by atoms with E-state index in [4.69, 9.17) is 4.74 Å². The van der Waals surface area contributed by atoms with Crippen LogP contribution in [0.3, 0.4) is 0 Å². The van der Waals surface area contributed by atoms with Crippen molar-refractivity contribution in [1.82, 2.24) is 24.5 Å². The summed E-state index contributed by atoms with van der Waals surface area (Å²) in [6.45, 7) is 1.66. The minimum Gasteiger partial charge on any atom is -0.394 e. The van der Waals surface area contributed by atoms with Crippen LogP contribution in [0.2, 0.25) is 0 Å². The predicted octanol–water partition coefficient (Wildman–Crippen LogP) is 1.03. The lowest BCUT2D eigenvalue weighted by Crippen LogP contribution is -2.32. The summed E-state index contributed by atoms with van der Waals surface area (Å²) in [6.07, 6.45) is 6.56. The summed E-state index contributed by atoms with van der Waals surface area (Å²) in [6, 6.07) is 9.52. The molecule has 9 nitrogen and oxygen atoms in total. The zero-order valence-corrected chi connectivity index (χ0v) is 15.4. The maximum Gasteiger partial charge on any atom is 0.330 e. The van der Waals surface area contributed by atoms with Crippen LogP contribution in [0, 0.1) is 0 Å². The smallest absolute Gasteiger partial charge is 0.330 e. The van der Waals surface area contributed by atoms with Gasteiger partial charge in [0.25, 0.3) is 5.56 Å². The largest absolute Gasteiger partial charge is 0.394 e. The minimum absolute atomic E-state index is 0.0697. The van der Waals surface area contributed by atoms with Crippen LogP contribution in [0.15, 0.2) is 52.3 Å². The number of nitrogens with one attached hydrogen (secondary N) is 1. The SMILES string of the molecule is CC[C@@H](CO)OCn1cc(/C=C/c2cn(-c3ccccc3)nn2)c(=O)[nH]c1=O. The number of aliphatic hydroxyl groups excluding tert-OH is 1. The second-order valence-corrected chi connectivity index (χ2v) is 6.08. The molecule has 28 heavy (non-hydrogen) atoms. The van der Waals surface area contributed by atoms with E-state index < -0.39 is 11.2 Å². The van der Waals surface area contributed by atoms with E-state index >= 15 is 0 Å².